The van der Waals surface area contributed by atoms with Crippen molar-refractivity contribution >= 4 is 34.9 Å². The number of hydrogen-bond acceptors (Lipinski definition) is 6. The van der Waals surface area contributed by atoms with E-state index in [1.165, 1.54) is 17.4 Å². The van der Waals surface area contributed by atoms with Crippen LogP contribution in [-0.4, -0.2) is 37.4 Å². The minimum atomic E-state index is -0.480. The normalized spacial score (nSPS) is 14.5. The quantitative estimate of drug-likeness (QED) is 0.538. The molecule has 162 valence electrons. The second-order valence-electron chi connectivity index (χ2n) is 7.27. The molecule has 0 spiro atoms. The summed E-state index contributed by atoms with van der Waals surface area (Å²) < 4.78 is 7.29. The zero-order valence-electron chi connectivity index (χ0n) is 16.8. The molecular weight excluding hydrogens is 441 g/mol. The van der Waals surface area contributed by atoms with Gasteiger partial charge in [-0.15, -0.1) is 0 Å². The zero-order valence-corrected chi connectivity index (χ0v) is 18.3. The van der Waals surface area contributed by atoms with Gasteiger partial charge < -0.3 is 15.4 Å². The Bertz CT molecular complexity index is 1060. The number of nitrogens with zero attached hydrogens (tertiary/aromatic N) is 5. The number of nitrogens with one attached hydrogen (secondary N) is 2. The van der Waals surface area contributed by atoms with Gasteiger partial charge in [-0.3, -0.25) is 0 Å². The fraction of sp³-hybridized carbons (Fsp3) is 0.350. The fourth-order valence-electron chi connectivity index (χ4n) is 3.12. The lowest BCUT2D eigenvalue weighted by atomic mass is 9.86. The molecule has 0 saturated heterocycles. The minimum Gasteiger partial charge on any atom is -0.492 e. The first-order valence-electron chi connectivity index (χ1n) is 9.88. The van der Waals surface area contributed by atoms with E-state index in [0.29, 0.717) is 45.8 Å². The highest BCUT2D eigenvalue weighted by atomic mass is 35.5. The number of halogens is 2. The third-order valence-corrected chi connectivity index (χ3v) is 5.63. The van der Waals surface area contributed by atoms with Crippen LogP contribution in [0.25, 0.3) is 5.95 Å². The van der Waals surface area contributed by atoms with E-state index in [0.717, 1.165) is 12.8 Å². The molecule has 1 saturated carbocycles. The Kier molecular flexibility index (Phi) is 6.53. The molecule has 0 aliphatic heterocycles. The van der Waals surface area contributed by atoms with E-state index in [1.54, 1.807) is 37.5 Å². The summed E-state index contributed by atoms with van der Waals surface area (Å²) in [5.41, 5.74) is 0.396. The van der Waals surface area contributed by atoms with Crippen LogP contribution >= 0.6 is 23.2 Å². The van der Waals surface area contributed by atoms with E-state index < -0.39 is 12.1 Å². The average molecular weight is 462 g/mol. The van der Waals surface area contributed by atoms with Crippen LogP contribution in [0, 0.1) is 5.92 Å². The molecule has 31 heavy (non-hydrogen) atoms. The second-order valence-corrected chi connectivity index (χ2v) is 8.08. The lowest BCUT2D eigenvalue weighted by Gasteiger charge is -2.25. The molecule has 11 heteroatoms. The maximum absolute atomic E-state index is 12.6. The highest BCUT2D eigenvalue weighted by molar-refractivity contribution is 6.37. The monoisotopic (exact) mass is 461 g/mol. The average Bonchev–Trinajstić information content (AvgIpc) is 3.21. The SMILES string of the molecule is C[C@H](NC(=O)Nc1cc(OCC2CCC2)c(Cl)cc1Cl)c1ncnn1-c1ncccn1. The summed E-state index contributed by atoms with van der Waals surface area (Å²) >= 11 is 12.5. The lowest BCUT2D eigenvalue weighted by Crippen LogP contribution is -2.32. The molecule has 2 aromatic heterocycles. The first kappa shape index (κ1) is 21.3. The Morgan fingerprint density at radius 2 is 2.00 bits per heavy atom. The molecule has 1 aliphatic carbocycles. The van der Waals surface area contributed by atoms with Crippen molar-refractivity contribution in [3.8, 4) is 11.7 Å². The van der Waals surface area contributed by atoms with Crippen molar-refractivity contribution in [2.24, 2.45) is 5.92 Å². The van der Waals surface area contributed by atoms with Crippen LogP contribution in [0.15, 0.2) is 36.9 Å². The highest BCUT2D eigenvalue weighted by Crippen LogP contribution is 2.36. The van der Waals surface area contributed by atoms with Crippen LogP contribution in [-0.2, 0) is 0 Å². The number of carbonyl (C=O) groups excluding carboxylic acids is 1. The number of aromatic nitrogens is 5. The number of benzene rings is 1. The Balaban J connectivity index is 1.42. The zero-order chi connectivity index (χ0) is 21.8. The van der Waals surface area contributed by atoms with Gasteiger partial charge in [-0.2, -0.15) is 9.78 Å². The third-order valence-electron chi connectivity index (χ3n) is 5.02. The summed E-state index contributed by atoms with van der Waals surface area (Å²) in [6.45, 7) is 2.38. The number of rotatable bonds is 7. The maximum atomic E-state index is 12.6. The molecule has 1 fully saturated rings. The Morgan fingerprint density at radius 1 is 1.23 bits per heavy atom. The van der Waals surface area contributed by atoms with Crippen LogP contribution in [0.5, 0.6) is 5.75 Å². The maximum Gasteiger partial charge on any atom is 0.319 e. The van der Waals surface area contributed by atoms with Crippen molar-refractivity contribution in [2.45, 2.75) is 32.2 Å². The molecule has 1 atom stereocenters. The number of amides is 2. The first-order valence-corrected chi connectivity index (χ1v) is 10.6. The molecular formula is C20H21Cl2N7O2. The van der Waals surface area contributed by atoms with E-state index in [9.17, 15) is 4.79 Å². The Labute approximate surface area is 189 Å². The van der Waals surface area contributed by atoms with Crippen LogP contribution in [0.2, 0.25) is 10.0 Å². The second kappa shape index (κ2) is 9.49. The number of anilines is 1. The predicted octanol–water partition coefficient (Wildman–Crippen LogP) is 4.43. The summed E-state index contributed by atoms with van der Waals surface area (Å²) in [7, 11) is 0. The van der Waals surface area contributed by atoms with Gasteiger partial charge in [0.15, 0.2) is 5.82 Å². The van der Waals surface area contributed by atoms with Gasteiger partial charge in [0.2, 0.25) is 0 Å². The fourth-order valence-corrected chi connectivity index (χ4v) is 3.61. The van der Waals surface area contributed by atoms with Gasteiger partial charge in [0.1, 0.15) is 12.1 Å². The lowest BCUT2D eigenvalue weighted by molar-refractivity contribution is 0.181. The third kappa shape index (κ3) is 5.05. The Hall–Kier alpha value is -2.91. The van der Waals surface area contributed by atoms with Crippen molar-refractivity contribution in [2.75, 3.05) is 11.9 Å². The van der Waals surface area contributed by atoms with Crippen molar-refractivity contribution in [3.05, 3.63) is 52.8 Å². The van der Waals surface area contributed by atoms with Gasteiger partial charge in [0, 0.05) is 18.5 Å². The van der Waals surface area contributed by atoms with Gasteiger partial charge in [-0.05, 0) is 37.8 Å². The van der Waals surface area contributed by atoms with E-state index >= 15 is 0 Å². The van der Waals surface area contributed by atoms with Gasteiger partial charge in [-0.1, -0.05) is 29.6 Å². The van der Waals surface area contributed by atoms with Gasteiger partial charge in [-0.25, -0.2) is 19.7 Å². The van der Waals surface area contributed by atoms with E-state index in [-0.39, 0.29) is 0 Å². The molecule has 3 aromatic rings. The van der Waals surface area contributed by atoms with E-state index in [1.807, 2.05) is 0 Å². The van der Waals surface area contributed by atoms with E-state index in [4.69, 9.17) is 27.9 Å². The number of hydrogen-bond donors (Lipinski definition) is 2. The number of carbonyl (C=O) groups is 1. The standard InChI is InChI=1S/C20H21Cl2N7O2/c1-12(18-25-11-26-29(18)19-23-6-3-7-24-19)27-20(30)28-16-9-17(15(22)8-14(16)21)31-10-13-4-2-5-13/h3,6-9,11-13H,2,4-5,10H2,1H3,(H2,27,28,30)/t12-/m0/s1. The van der Waals surface area contributed by atoms with Crippen molar-refractivity contribution < 1.29 is 9.53 Å². The largest absolute Gasteiger partial charge is 0.492 e. The van der Waals surface area contributed by atoms with Crippen molar-refractivity contribution in [1.82, 2.24) is 30.0 Å². The molecule has 0 radical (unpaired) electrons. The number of ether oxygens (including phenoxy) is 1. The summed E-state index contributed by atoms with van der Waals surface area (Å²) in [6.07, 6.45) is 8.14. The van der Waals surface area contributed by atoms with Crippen LogP contribution in [0.1, 0.15) is 38.1 Å². The summed E-state index contributed by atoms with van der Waals surface area (Å²) in [6, 6.07) is 3.95. The predicted molar refractivity (Wildman–Crippen MR) is 117 cm³/mol. The van der Waals surface area contributed by atoms with Crippen molar-refractivity contribution in [1.29, 1.82) is 0 Å². The highest BCUT2D eigenvalue weighted by Gasteiger charge is 2.21. The molecule has 2 N–H and O–H groups in total. The van der Waals surface area contributed by atoms with Crippen molar-refractivity contribution in [3.63, 3.8) is 0 Å². The summed E-state index contributed by atoms with van der Waals surface area (Å²) in [5.74, 6) is 1.88. The number of urea groups is 1. The van der Waals surface area contributed by atoms with Gasteiger partial charge in [0.25, 0.3) is 5.95 Å². The molecule has 4 rings (SSSR count). The summed E-state index contributed by atoms with van der Waals surface area (Å²) in [5, 5.41) is 10.4. The molecule has 0 unspecified atom stereocenters. The minimum absolute atomic E-state index is 0.310. The van der Waals surface area contributed by atoms with E-state index in [2.05, 4.69) is 30.7 Å². The molecule has 2 amide bonds. The van der Waals surface area contributed by atoms with Crippen LogP contribution in [0.3, 0.4) is 0 Å². The molecule has 9 nitrogen and oxygen atoms in total. The molecule has 1 aliphatic rings. The van der Waals surface area contributed by atoms with Crippen LogP contribution in [0.4, 0.5) is 10.5 Å². The molecule has 1 aromatic carbocycles. The molecule has 0 bridgehead atoms. The topological polar surface area (TPSA) is 107 Å². The Morgan fingerprint density at radius 3 is 2.71 bits per heavy atom. The summed E-state index contributed by atoms with van der Waals surface area (Å²) in [4.78, 5) is 25.1. The van der Waals surface area contributed by atoms with Gasteiger partial charge >= 0.3 is 6.03 Å². The van der Waals surface area contributed by atoms with Crippen LogP contribution < -0.4 is 15.4 Å². The van der Waals surface area contributed by atoms with Gasteiger partial charge in [0.05, 0.1) is 28.4 Å². The molecule has 2 heterocycles. The smallest absolute Gasteiger partial charge is 0.319 e. The first-order chi connectivity index (χ1) is 15.0.